The molecule has 0 fully saturated rings. The zero-order chi connectivity index (χ0) is 13.7. The van der Waals surface area contributed by atoms with Crippen molar-refractivity contribution in [1.29, 1.82) is 0 Å². The van der Waals surface area contributed by atoms with Gasteiger partial charge < -0.3 is 15.3 Å². The van der Waals surface area contributed by atoms with Crippen molar-refractivity contribution < 1.29 is 14.7 Å². The van der Waals surface area contributed by atoms with E-state index in [1.54, 1.807) is 13.0 Å². The normalized spacial score (nSPS) is 9.94. The fourth-order valence-electron chi connectivity index (χ4n) is 1.45. The van der Waals surface area contributed by atoms with Gasteiger partial charge in [-0.1, -0.05) is 15.9 Å². The maximum atomic E-state index is 11.9. The molecule has 0 aliphatic heterocycles. The number of nitrogens with one attached hydrogen (secondary N) is 1. The Morgan fingerprint density at radius 1 is 1.44 bits per heavy atom. The predicted octanol–water partition coefficient (Wildman–Crippen LogP) is 2.70. The minimum atomic E-state index is -1.03. The van der Waals surface area contributed by atoms with Gasteiger partial charge in [-0.2, -0.15) is 0 Å². The van der Waals surface area contributed by atoms with Crippen LogP contribution >= 0.6 is 15.9 Å². The summed E-state index contributed by atoms with van der Waals surface area (Å²) in [5.74, 6) is -1.03. The summed E-state index contributed by atoms with van der Waals surface area (Å²) in [5.41, 5.74) is 1.58. The van der Waals surface area contributed by atoms with Gasteiger partial charge in [0.2, 0.25) is 0 Å². The van der Waals surface area contributed by atoms with Gasteiger partial charge >= 0.3 is 12.0 Å². The molecule has 0 radical (unpaired) electrons. The molecule has 0 heterocycles. The number of carbonyl (C=O) groups is 2. The summed E-state index contributed by atoms with van der Waals surface area (Å²) in [7, 11) is 0. The number of rotatable bonds is 4. The molecule has 98 valence electrons. The Hall–Kier alpha value is -1.56. The number of nitrogens with zero attached hydrogens (tertiary/aromatic N) is 1. The van der Waals surface area contributed by atoms with Gasteiger partial charge in [0.05, 0.1) is 0 Å². The molecule has 0 bridgehead atoms. The summed E-state index contributed by atoms with van der Waals surface area (Å²) in [6, 6.07) is 5.05. The Morgan fingerprint density at radius 2 is 2.11 bits per heavy atom. The molecule has 0 saturated heterocycles. The fraction of sp³-hybridized carbons (Fsp3) is 0.333. The number of urea groups is 1. The van der Waals surface area contributed by atoms with Crippen LogP contribution in [0.4, 0.5) is 10.5 Å². The number of anilines is 1. The third-order valence-electron chi connectivity index (χ3n) is 2.43. The SMILES string of the molecule is CCN(CC(=O)O)C(=O)Nc1ccc(Br)cc1C. The number of carboxylic acid groups (broad SMARTS) is 1. The van der Waals surface area contributed by atoms with E-state index < -0.39 is 12.0 Å². The zero-order valence-corrected chi connectivity index (χ0v) is 11.8. The number of carboxylic acids is 1. The summed E-state index contributed by atoms with van der Waals surface area (Å²) in [5, 5.41) is 11.4. The van der Waals surface area contributed by atoms with E-state index in [0.29, 0.717) is 12.2 Å². The van der Waals surface area contributed by atoms with Crippen LogP contribution in [0, 0.1) is 6.92 Å². The predicted molar refractivity (Wildman–Crippen MR) is 72.8 cm³/mol. The second kappa shape index (κ2) is 6.39. The van der Waals surface area contributed by atoms with Gasteiger partial charge in [-0.3, -0.25) is 4.79 Å². The van der Waals surface area contributed by atoms with Crippen LogP contribution in [-0.4, -0.2) is 35.1 Å². The number of aryl methyl sites for hydroxylation is 1. The number of halogens is 1. The molecular weight excluding hydrogens is 300 g/mol. The van der Waals surface area contributed by atoms with Crippen molar-refractivity contribution in [1.82, 2.24) is 4.90 Å². The molecule has 0 spiro atoms. The number of carbonyl (C=O) groups excluding carboxylic acids is 1. The molecule has 0 saturated carbocycles. The number of benzene rings is 1. The second-order valence-electron chi connectivity index (χ2n) is 3.80. The highest BCUT2D eigenvalue weighted by Gasteiger charge is 2.15. The number of hydrogen-bond donors (Lipinski definition) is 2. The fourth-order valence-corrected chi connectivity index (χ4v) is 1.93. The molecule has 1 aromatic rings. The number of amides is 2. The minimum absolute atomic E-state index is 0.308. The number of hydrogen-bond acceptors (Lipinski definition) is 2. The maximum Gasteiger partial charge on any atom is 0.323 e. The number of aliphatic carboxylic acids is 1. The van der Waals surface area contributed by atoms with Gasteiger partial charge in [0, 0.05) is 16.7 Å². The first kappa shape index (κ1) is 14.5. The van der Waals surface area contributed by atoms with Crippen molar-refractivity contribution in [3.63, 3.8) is 0 Å². The van der Waals surface area contributed by atoms with Gasteiger partial charge in [-0.05, 0) is 37.6 Å². The van der Waals surface area contributed by atoms with Crippen LogP contribution < -0.4 is 5.32 Å². The lowest BCUT2D eigenvalue weighted by molar-refractivity contribution is -0.137. The summed E-state index contributed by atoms with van der Waals surface area (Å²) in [4.78, 5) is 23.7. The highest BCUT2D eigenvalue weighted by molar-refractivity contribution is 9.10. The van der Waals surface area contributed by atoms with Crippen molar-refractivity contribution in [3.8, 4) is 0 Å². The molecule has 0 unspecified atom stereocenters. The highest BCUT2D eigenvalue weighted by Crippen LogP contribution is 2.20. The molecular formula is C12H15BrN2O3. The molecule has 5 nitrogen and oxygen atoms in total. The monoisotopic (exact) mass is 314 g/mol. The van der Waals surface area contributed by atoms with Gasteiger partial charge in [-0.15, -0.1) is 0 Å². The van der Waals surface area contributed by atoms with E-state index in [1.165, 1.54) is 4.90 Å². The average Bonchev–Trinajstić information content (AvgIpc) is 2.29. The molecule has 2 amide bonds. The van der Waals surface area contributed by atoms with Crippen LogP contribution in [0.3, 0.4) is 0 Å². The van der Waals surface area contributed by atoms with Crippen molar-refractivity contribution in [2.45, 2.75) is 13.8 Å². The summed E-state index contributed by atoms with van der Waals surface area (Å²) in [6.45, 7) is 3.64. The molecule has 18 heavy (non-hydrogen) atoms. The molecule has 1 aromatic carbocycles. The quantitative estimate of drug-likeness (QED) is 0.897. The minimum Gasteiger partial charge on any atom is -0.480 e. The first-order valence-corrected chi connectivity index (χ1v) is 6.27. The van der Waals surface area contributed by atoms with E-state index in [0.717, 1.165) is 10.0 Å². The molecule has 0 aliphatic rings. The Labute approximate surface area is 114 Å². The smallest absolute Gasteiger partial charge is 0.323 e. The molecule has 0 aromatic heterocycles. The van der Waals surface area contributed by atoms with Crippen LogP contribution in [-0.2, 0) is 4.79 Å². The van der Waals surface area contributed by atoms with Gasteiger partial charge in [0.15, 0.2) is 0 Å². The summed E-state index contributed by atoms with van der Waals surface area (Å²) < 4.78 is 0.927. The number of likely N-dealkylation sites (N-methyl/N-ethyl adjacent to an activating group) is 1. The lowest BCUT2D eigenvalue weighted by Crippen LogP contribution is -2.38. The summed E-state index contributed by atoms with van der Waals surface area (Å²) >= 11 is 3.34. The molecule has 0 aliphatic carbocycles. The van der Waals surface area contributed by atoms with E-state index in [9.17, 15) is 9.59 Å². The van der Waals surface area contributed by atoms with Gasteiger partial charge in [0.25, 0.3) is 0 Å². The lowest BCUT2D eigenvalue weighted by atomic mass is 10.2. The first-order valence-electron chi connectivity index (χ1n) is 5.48. The van der Waals surface area contributed by atoms with E-state index in [-0.39, 0.29) is 6.54 Å². The topological polar surface area (TPSA) is 69.6 Å². The van der Waals surface area contributed by atoms with Crippen LogP contribution in [0.1, 0.15) is 12.5 Å². The van der Waals surface area contributed by atoms with Crippen LogP contribution in [0.5, 0.6) is 0 Å². The zero-order valence-electron chi connectivity index (χ0n) is 10.2. The average molecular weight is 315 g/mol. The maximum absolute atomic E-state index is 11.9. The van der Waals surface area contributed by atoms with Gasteiger partial charge in [0.1, 0.15) is 6.54 Å². The van der Waals surface area contributed by atoms with Crippen LogP contribution in [0.25, 0.3) is 0 Å². The van der Waals surface area contributed by atoms with E-state index in [2.05, 4.69) is 21.2 Å². The third-order valence-corrected chi connectivity index (χ3v) is 2.92. The van der Waals surface area contributed by atoms with Crippen LogP contribution in [0.2, 0.25) is 0 Å². The highest BCUT2D eigenvalue weighted by atomic mass is 79.9. The Kier molecular flexibility index (Phi) is 5.15. The van der Waals surface area contributed by atoms with E-state index in [4.69, 9.17) is 5.11 Å². The lowest BCUT2D eigenvalue weighted by Gasteiger charge is -2.19. The van der Waals surface area contributed by atoms with Crippen molar-refractivity contribution in [2.75, 3.05) is 18.4 Å². The van der Waals surface area contributed by atoms with E-state index in [1.807, 2.05) is 19.1 Å². The van der Waals surface area contributed by atoms with Gasteiger partial charge in [-0.25, -0.2) is 4.79 Å². The molecule has 0 atom stereocenters. The Bertz CT molecular complexity index is 463. The standard InChI is InChI=1S/C12H15BrN2O3/c1-3-15(7-11(16)17)12(18)14-10-5-4-9(13)6-8(10)2/h4-6H,3,7H2,1-2H3,(H,14,18)(H,16,17). The van der Waals surface area contributed by atoms with Crippen molar-refractivity contribution >= 4 is 33.6 Å². The summed E-state index contributed by atoms with van der Waals surface area (Å²) in [6.07, 6.45) is 0. The van der Waals surface area contributed by atoms with Crippen LogP contribution in [0.15, 0.2) is 22.7 Å². The van der Waals surface area contributed by atoms with Crippen molar-refractivity contribution in [3.05, 3.63) is 28.2 Å². The third kappa shape index (κ3) is 4.03. The largest absolute Gasteiger partial charge is 0.480 e. The Balaban J connectivity index is 2.76. The van der Waals surface area contributed by atoms with E-state index >= 15 is 0 Å². The Morgan fingerprint density at radius 3 is 2.61 bits per heavy atom. The molecule has 2 N–H and O–H groups in total. The molecule has 6 heteroatoms. The van der Waals surface area contributed by atoms with Crippen molar-refractivity contribution in [2.24, 2.45) is 0 Å². The second-order valence-corrected chi connectivity index (χ2v) is 4.71. The molecule has 1 rings (SSSR count). The first-order chi connectivity index (χ1) is 8.43.